The third-order valence-electron chi connectivity index (χ3n) is 7.60. The monoisotopic (exact) mass is 573 g/mol. The molecule has 208 valence electrons. The molecule has 0 aliphatic rings. The van der Waals surface area contributed by atoms with Crippen LogP contribution in [0.5, 0.6) is 0 Å². The van der Waals surface area contributed by atoms with Crippen LogP contribution in [0.4, 0.5) is 22.7 Å². The Morgan fingerprint density at radius 1 is 0.444 bits per heavy atom. The van der Waals surface area contributed by atoms with Crippen LogP contribution in [0.15, 0.2) is 140 Å². The third kappa shape index (κ3) is 5.88. The van der Waals surface area contributed by atoms with Gasteiger partial charge in [-0.05, 0) is 100 Å². The molecule has 5 nitrogen and oxygen atoms in total. The standard InChI is InChI=1S/C40H23N5/c1-44-37-7-3-6-33(24-37)30-12-18-39(19-13-30)45(38-16-10-29(11-17-38)32-5-2-4-28(22-32)25-41)40-20-14-31(15-21-40)34-8-9-35(26-42)36(23-34)27-43/h2-24H. The van der Waals surface area contributed by atoms with Gasteiger partial charge in [0, 0.05) is 17.1 Å². The summed E-state index contributed by atoms with van der Waals surface area (Å²) in [6.07, 6.45) is 0. The number of hydrogen-bond donors (Lipinski definition) is 0. The summed E-state index contributed by atoms with van der Waals surface area (Å²) in [6, 6.07) is 51.4. The Morgan fingerprint density at radius 2 is 0.911 bits per heavy atom. The summed E-state index contributed by atoms with van der Waals surface area (Å²) >= 11 is 0. The number of nitriles is 3. The lowest BCUT2D eigenvalue weighted by atomic mass is 9.99. The molecule has 0 spiro atoms. The molecule has 0 aliphatic heterocycles. The molecule has 0 N–H and O–H groups in total. The first kappa shape index (κ1) is 28.2. The minimum absolute atomic E-state index is 0.350. The van der Waals surface area contributed by atoms with Crippen LogP contribution in [-0.4, -0.2) is 0 Å². The van der Waals surface area contributed by atoms with Gasteiger partial charge in [-0.2, -0.15) is 15.8 Å². The van der Waals surface area contributed by atoms with Gasteiger partial charge >= 0.3 is 0 Å². The minimum Gasteiger partial charge on any atom is -0.311 e. The molecule has 0 aliphatic carbocycles. The second-order valence-electron chi connectivity index (χ2n) is 10.3. The van der Waals surface area contributed by atoms with Crippen molar-refractivity contribution in [2.75, 3.05) is 4.90 Å². The van der Waals surface area contributed by atoms with Crippen LogP contribution in [0.3, 0.4) is 0 Å². The number of hydrogen-bond acceptors (Lipinski definition) is 4. The van der Waals surface area contributed by atoms with Crippen LogP contribution in [0.2, 0.25) is 0 Å². The van der Waals surface area contributed by atoms with Crippen molar-refractivity contribution in [3.8, 4) is 51.6 Å². The van der Waals surface area contributed by atoms with E-state index in [0.717, 1.165) is 50.4 Å². The molecule has 6 rings (SSSR count). The van der Waals surface area contributed by atoms with E-state index in [1.54, 1.807) is 24.3 Å². The average Bonchev–Trinajstić information content (AvgIpc) is 3.12. The largest absolute Gasteiger partial charge is 0.311 e. The van der Waals surface area contributed by atoms with Crippen LogP contribution in [0.1, 0.15) is 16.7 Å². The number of benzene rings is 6. The second-order valence-corrected chi connectivity index (χ2v) is 10.3. The lowest BCUT2D eigenvalue weighted by Crippen LogP contribution is -2.09. The zero-order valence-electron chi connectivity index (χ0n) is 24.0. The van der Waals surface area contributed by atoms with Crippen LogP contribution in [0, 0.1) is 40.6 Å². The fourth-order valence-electron chi connectivity index (χ4n) is 5.29. The van der Waals surface area contributed by atoms with Gasteiger partial charge in [0.1, 0.15) is 12.1 Å². The molecule has 0 atom stereocenters. The van der Waals surface area contributed by atoms with Crippen LogP contribution in [-0.2, 0) is 0 Å². The van der Waals surface area contributed by atoms with Gasteiger partial charge in [-0.15, -0.1) is 0 Å². The zero-order valence-corrected chi connectivity index (χ0v) is 24.0. The Balaban J connectivity index is 1.39. The SMILES string of the molecule is [C-]#[N+]c1cccc(-c2ccc(N(c3ccc(-c4cccc(C#N)c4)cc3)c3ccc(-c4ccc(C#N)c(C#N)c4)cc3)cc2)c1. The summed E-state index contributed by atoms with van der Waals surface area (Å²) in [7, 11) is 0. The third-order valence-corrected chi connectivity index (χ3v) is 7.60. The van der Waals surface area contributed by atoms with Crippen molar-refractivity contribution >= 4 is 22.7 Å². The topological polar surface area (TPSA) is 79.0 Å². The van der Waals surface area contributed by atoms with Crippen molar-refractivity contribution in [1.29, 1.82) is 15.8 Å². The summed E-state index contributed by atoms with van der Waals surface area (Å²) in [5.74, 6) is 0. The predicted molar refractivity (Wildman–Crippen MR) is 178 cm³/mol. The smallest absolute Gasteiger partial charge is 0.187 e. The van der Waals surface area contributed by atoms with E-state index in [1.165, 1.54) is 0 Å². The van der Waals surface area contributed by atoms with Crippen LogP contribution < -0.4 is 4.90 Å². The summed E-state index contributed by atoms with van der Waals surface area (Å²) < 4.78 is 0. The van der Waals surface area contributed by atoms with Crippen molar-refractivity contribution in [3.05, 3.63) is 168 Å². The quantitative estimate of drug-likeness (QED) is 0.186. The fraction of sp³-hybridized carbons (Fsp3) is 0. The van der Waals surface area contributed by atoms with Gasteiger partial charge in [0.05, 0.1) is 29.3 Å². The van der Waals surface area contributed by atoms with Crippen molar-refractivity contribution in [2.45, 2.75) is 0 Å². The maximum atomic E-state index is 9.49. The number of rotatable bonds is 6. The molecule has 0 heterocycles. The van der Waals surface area contributed by atoms with Crippen molar-refractivity contribution in [1.82, 2.24) is 0 Å². The molecular formula is C40H23N5. The fourth-order valence-corrected chi connectivity index (χ4v) is 5.29. The highest BCUT2D eigenvalue weighted by Crippen LogP contribution is 2.38. The molecule has 0 radical (unpaired) electrons. The lowest BCUT2D eigenvalue weighted by Gasteiger charge is -2.26. The van der Waals surface area contributed by atoms with E-state index >= 15 is 0 Å². The summed E-state index contributed by atoms with van der Waals surface area (Å²) in [4.78, 5) is 5.73. The summed E-state index contributed by atoms with van der Waals surface area (Å²) in [6.45, 7) is 7.36. The summed E-state index contributed by atoms with van der Waals surface area (Å²) in [5.41, 5.74) is 10.5. The first-order valence-electron chi connectivity index (χ1n) is 14.1. The van der Waals surface area contributed by atoms with E-state index in [2.05, 4.69) is 76.5 Å². The maximum Gasteiger partial charge on any atom is 0.187 e. The Kier molecular flexibility index (Phi) is 7.85. The molecule has 0 amide bonds. The normalized spacial score (nSPS) is 10.1. The van der Waals surface area contributed by atoms with E-state index in [0.29, 0.717) is 22.4 Å². The molecule has 0 saturated carbocycles. The van der Waals surface area contributed by atoms with Gasteiger partial charge in [0.2, 0.25) is 0 Å². The molecule has 0 unspecified atom stereocenters. The van der Waals surface area contributed by atoms with Gasteiger partial charge in [-0.3, -0.25) is 0 Å². The van der Waals surface area contributed by atoms with E-state index in [-0.39, 0.29) is 0 Å². The highest BCUT2D eigenvalue weighted by atomic mass is 15.1. The Morgan fingerprint density at radius 3 is 1.40 bits per heavy atom. The molecule has 6 aromatic carbocycles. The first-order chi connectivity index (χ1) is 22.1. The lowest BCUT2D eigenvalue weighted by molar-refractivity contribution is 1.28. The Labute approximate surface area is 262 Å². The molecule has 0 bridgehead atoms. The average molecular weight is 574 g/mol. The Bertz CT molecular complexity index is 2090. The highest BCUT2D eigenvalue weighted by Gasteiger charge is 2.14. The second kappa shape index (κ2) is 12.5. The molecule has 0 fully saturated rings. The van der Waals surface area contributed by atoms with Gasteiger partial charge in [0.15, 0.2) is 5.69 Å². The molecular weight excluding hydrogens is 550 g/mol. The van der Waals surface area contributed by atoms with E-state index < -0.39 is 0 Å². The number of nitrogens with zero attached hydrogens (tertiary/aromatic N) is 5. The van der Waals surface area contributed by atoms with Crippen molar-refractivity contribution in [3.63, 3.8) is 0 Å². The van der Waals surface area contributed by atoms with Crippen LogP contribution in [0.25, 0.3) is 38.2 Å². The molecule has 0 aromatic heterocycles. The van der Waals surface area contributed by atoms with E-state index in [9.17, 15) is 15.8 Å². The van der Waals surface area contributed by atoms with Crippen LogP contribution >= 0.6 is 0 Å². The summed E-state index contributed by atoms with van der Waals surface area (Å²) in [5, 5.41) is 28.1. The zero-order chi connectivity index (χ0) is 31.2. The predicted octanol–water partition coefficient (Wildman–Crippen LogP) is 10.3. The van der Waals surface area contributed by atoms with Gasteiger partial charge in [0.25, 0.3) is 0 Å². The Hall–Kier alpha value is -6.92. The van der Waals surface area contributed by atoms with Gasteiger partial charge in [-0.25, -0.2) is 4.85 Å². The van der Waals surface area contributed by atoms with Gasteiger partial charge < -0.3 is 4.90 Å². The first-order valence-corrected chi connectivity index (χ1v) is 14.1. The van der Waals surface area contributed by atoms with E-state index in [4.69, 9.17) is 6.57 Å². The van der Waals surface area contributed by atoms with Crippen molar-refractivity contribution < 1.29 is 0 Å². The minimum atomic E-state index is 0.350. The number of anilines is 3. The molecule has 6 aromatic rings. The molecule has 5 heteroatoms. The van der Waals surface area contributed by atoms with Crippen molar-refractivity contribution in [2.24, 2.45) is 0 Å². The molecule has 0 saturated heterocycles. The highest BCUT2D eigenvalue weighted by molar-refractivity contribution is 5.81. The molecule has 45 heavy (non-hydrogen) atoms. The van der Waals surface area contributed by atoms with E-state index in [1.807, 2.05) is 66.7 Å². The maximum absolute atomic E-state index is 9.49. The van der Waals surface area contributed by atoms with Gasteiger partial charge in [-0.1, -0.05) is 72.8 Å².